The van der Waals surface area contributed by atoms with Gasteiger partial charge in [-0.15, -0.1) is 0 Å². The largest absolute Gasteiger partial charge is 0.418 e. The van der Waals surface area contributed by atoms with Crippen LogP contribution >= 0.6 is 0 Å². The van der Waals surface area contributed by atoms with E-state index in [0.29, 0.717) is 5.92 Å². The fourth-order valence-electron chi connectivity index (χ4n) is 2.53. The van der Waals surface area contributed by atoms with Gasteiger partial charge < -0.3 is 5.73 Å². The number of alkyl halides is 3. The first kappa shape index (κ1) is 12.3. The molecule has 17 heavy (non-hydrogen) atoms. The average molecular weight is 243 g/mol. The van der Waals surface area contributed by atoms with Crippen LogP contribution in [0.25, 0.3) is 0 Å². The Morgan fingerprint density at radius 3 is 2.24 bits per heavy atom. The monoisotopic (exact) mass is 243 g/mol. The van der Waals surface area contributed by atoms with E-state index < -0.39 is 11.7 Å². The summed E-state index contributed by atoms with van der Waals surface area (Å²) in [4.78, 5) is 0. The second kappa shape index (κ2) is 4.59. The molecule has 1 saturated carbocycles. The molecule has 0 radical (unpaired) electrons. The summed E-state index contributed by atoms with van der Waals surface area (Å²) in [5.74, 6) is 0.383. The van der Waals surface area contributed by atoms with Crippen LogP contribution in [0.1, 0.15) is 49.1 Å². The van der Waals surface area contributed by atoms with E-state index in [2.05, 4.69) is 0 Å². The number of hydrogen-bond donors (Lipinski definition) is 1. The molecule has 4 heteroatoms. The summed E-state index contributed by atoms with van der Waals surface area (Å²) >= 11 is 0. The van der Waals surface area contributed by atoms with Crippen LogP contribution in [0.4, 0.5) is 18.9 Å². The lowest BCUT2D eigenvalue weighted by molar-refractivity contribution is -0.136. The lowest BCUT2D eigenvalue weighted by Gasteiger charge is -2.23. The molecule has 0 atom stereocenters. The molecule has 2 rings (SSSR count). The van der Waals surface area contributed by atoms with E-state index in [1.807, 2.05) is 0 Å². The number of anilines is 1. The summed E-state index contributed by atoms with van der Waals surface area (Å²) in [6.07, 6.45) is 1.31. The number of nitrogens with two attached hydrogens (primary N) is 1. The van der Waals surface area contributed by atoms with Crippen LogP contribution in [0.5, 0.6) is 0 Å². The number of hydrogen-bond acceptors (Lipinski definition) is 1. The fourth-order valence-corrected chi connectivity index (χ4v) is 2.53. The molecule has 0 spiro atoms. The average Bonchev–Trinajstić information content (AvgIpc) is 2.28. The Labute approximate surface area is 98.8 Å². The summed E-state index contributed by atoms with van der Waals surface area (Å²) in [5.41, 5.74) is 5.57. The van der Waals surface area contributed by atoms with Crippen LogP contribution < -0.4 is 5.73 Å². The quantitative estimate of drug-likeness (QED) is 0.730. The molecular formula is C13H16F3N. The Balaban J connectivity index is 2.24. The molecule has 0 bridgehead atoms. The molecule has 1 nitrogen and oxygen atoms in total. The molecule has 94 valence electrons. The third kappa shape index (κ3) is 2.73. The molecule has 0 saturated heterocycles. The van der Waals surface area contributed by atoms with Crippen LogP contribution in [-0.2, 0) is 6.18 Å². The van der Waals surface area contributed by atoms with E-state index in [1.54, 1.807) is 6.07 Å². The zero-order valence-electron chi connectivity index (χ0n) is 9.56. The SMILES string of the molecule is Nc1cc(C2CCCCC2)ccc1C(F)(F)F. The highest BCUT2D eigenvalue weighted by Gasteiger charge is 2.33. The first-order valence-electron chi connectivity index (χ1n) is 5.95. The second-order valence-corrected chi connectivity index (χ2v) is 4.68. The maximum absolute atomic E-state index is 12.5. The van der Waals surface area contributed by atoms with Crippen molar-refractivity contribution in [3.8, 4) is 0 Å². The summed E-state index contributed by atoms with van der Waals surface area (Å²) in [7, 11) is 0. The molecule has 1 aromatic carbocycles. The molecule has 0 heterocycles. The zero-order chi connectivity index (χ0) is 12.5. The minimum atomic E-state index is -4.35. The molecule has 1 aromatic rings. The third-order valence-corrected chi connectivity index (χ3v) is 3.46. The fraction of sp³-hybridized carbons (Fsp3) is 0.538. The molecule has 0 aliphatic heterocycles. The van der Waals surface area contributed by atoms with E-state index in [-0.39, 0.29) is 5.69 Å². The minimum absolute atomic E-state index is 0.152. The van der Waals surface area contributed by atoms with E-state index in [9.17, 15) is 13.2 Å². The number of benzene rings is 1. The predicted octanol–water partition coefficient (Wildman–Crippen LogP) is 4.34. The summed E-state index contributed by atoms with van der Waals surface area (Å²) in [6, 6.07) is 4.19. The van der Waals surface area contributed by atoms with Gasteiger partial charge in [-0.25, -0.2) is 0 Å². The van der Waals surface area contributed by atoms with Gasteiger partial charge in [-0.3, -0.25) is 0 Å². The third-order valence-electron chi connectivity index (χ3n) is 3.46. The molecule has 0 amide bonds. The van der Waals surface area contributed by atoms with Crippen LogP contribution in [0.3, 0.4) is 0 Å². The van der Waals surface area contributed by atoms with Crippen LogP contribution in [0, 0.1) is 0 Å². The molecule has 0 unspecified atom stereocenters. The van der Waals surface area contributed by atoms with Gasteiger partial charge in [-0.2, -0.15) is 13.2 Å². The van der Waals surface area contributed by atoms with E-state index in [4.69, 9.17) is 5.73 Å². The standard InChI is InChI=1S/C13H16F3N/c14-13(15,16)11-7-6-10(8-12(11)17)9-4-2-1-3-5-9/h6-9H,1-5,17H2. The van der Waals surface area contributed by atoms with Gasteiger partial charge in [0.2, 0.25) is 0 Å². The zero-order valence-corrected chi connectivity index (χ0v) is 9.56. The van der Waals surface area contributed by atoms with E-state index in [1.165, 1.54) is 12.5 Å². The highest BCUT2D eigenvalue weighted by Crippen LogP contribution is 2.38. The highest BCUT2D eigenvalue weighted by molar-refractivity contribution is 5.51. The van der Waals surface area contributed by atoms with Gasteiger partial charge >= 0.3 is 6.18 Å². The molecule has 1 aliphatic rings. The van der Waals surface area contributed by atoms with Gasteiger partial charge in [0, 0.05) is 5.69 Å². The lowest BCUT2D eigenvalue weighted by Crippen LogP contribution is -2.11. The van der Waals surface area contributed by atoms with E-state index in [0.717, 1.165) is 37.3 Å². The molecular weight excluding hydrogens is 227 g/mol. The number of rotatable bonds is 1. The van der Waals surface area contributed by atoms with Gasteiger partial charge in [0.1, 0.15) is 0 Å². The van der Waals surface area contributed by atoms with Crippen molar-refractivity contribution in [1.29, 1.82) is 0 Å². The van der Waals surface area contributed by atoms with Gasteiger partial charge in [-0.05, 0) is 36.5 Å². The normalized spacial score (nSPS) is 18.3. The van der Waals surface area contributed by atoms with Crippen molar-refractivity contribution in [2.24, 2.45) is 0 Å². The maximum Gasteiger partial charge on any atom is 0.418 e. The smallest absolute Gasteiger partial charge is 0.398 e. The first-order valence-corrected chi connectivity index (χ1v) is 5.95. The Kier molecular flexibility index (Phi) is 3.31. The van der Waals surface area contributed by atoms with Crippen LogP contribution in [0.15, 0.2) is 18.2 Å². The van der Waals surface area contributed by atoms with Crippen LogP contribution in [0.2, 0.25) is 0 Å². The predicted molar refractivity (Wildman–Crippen MR) is 61.7 cm³/mol. The molecule has 2 N–H and O–H groups in total. The Hall–Kier alpha value is -1.19. The van der Waals surface area contributed by atoms with E-state index >= 15 is 0 Å². The molecule has 0 aromatic heterocycles. The molecule has 1 fully saturated rings. The summed E-state index contributed by atoms with van der Waals surface area (Å²) in [6.45, 7) is 0. The van der Waals surface area contributed by atoms with Gasteiger partial charge in [0.15, 0.2) is 0 Å². The highest BCUT2D eigenvalue weighted by atomic mass is 19.4. The van der Waals surface area contributed by atoms with Crippen molar-refractivity contribution in [2.75, 3.05) is 5.73 Å². The van der Waals surface area contributed by atoms with Crippen molar-refractivity contribution in [3.63, 3.8) is 0 Å². The second-order valence-electron chi connectivity index (χ2n) is 4.68. The van der Waals surface area contributed by atoms with Gasteiger partial charge in [-0.1, -0.05) is 25.3 Å². The topological polar surface area (TPSA) is 26.0 Å². The Morgan fingerprint density at radius 2 is 1.71 bits per heavy atom. The van der Waals surface area contributed by atoms with Crippen molar-refractivity contribution in [2.45, 2.75) is 44.2 Å². The minimum Gasteiger partial charge on any atom is -0.398 e. The Morgan fingerprint density at radius 1 is 1.06 bits per heavy atom. The van der Waals surface area contributed by atoms with Crippen molar-refractivity contribution < 1.29 is 13.2 Å². The molecule has 1 aliphatic carbocycles. The van der Waals surface area contributed by atoms with Crippen molar-refractivity contribution >= 4 is 5.69 Å². The van der Waals surface area contributed by atoms with Crippen molar-refractivity contribution in [3.05, 3.63) is 29.3 Å². The number of halogens is 3. The van der Waals surface area contributed by atoms with Crippen LogP contribution in [-0.4, -0.2) is 0 Å². The van der Waals surface area contributed by atoms with Crippen molar-refractivity contribution in [1.82, 2.24) is 0 Å². The number of nitrogen functional groups attached to an aromatic ring is 1. The van der Waals surface area contributed by atoms with Gasteiger partial charge in [0.05, 0.1) is 5.56 Å². The summed E-state index contributed by atoms with van der Waals surface area (Å²) in [5, 5.41) is 0. The van der Waals surface area contributed by atoms with Gasteiger partial charge in [0.25, 0.3) is 0 Å². The Bertz CT molecular complexity index is 392. The first-order chi connectivity index (χ1) is 7.98. The maximum atomic E-state index is 12.5. The summed E-state index contributed by atoms with van der Waals surface area (Å²) < 4.78 is 37.6. The lowest BCUT2D eigenvalue weighted by atomic mass is 9.83.